The van der Waals surface area contributed by atoms with Gasteiger partial charge in [-0.1, -0.05) is 30.3 Å². The number of hydrogen-bond donors (Lipinski definition) is 1. The largest absolute Gasteiger partial charge is 0.420 e. The zero-order valence-corrected chi connectivity index (χ0v) is 13.0. The topological polar surface area (TPSA) is 41.0 Å². The molecule has 25 heavy (non-hydrogen) atoms. The molecule has 2 heterocycles. The molecule has 134 valence electrons. The maximum atomic E-state index is 13.3. The number of rotatable bonds is 5. The van der Waals surface area contributed by atoms with Gasteiger partial charge in [0.2, 0.25) is 0 Å². The molecule has 1 N–H and O–H groups in total. The van der Waals surface area contributed by atoms with E-state index in [0.717, 1.165) is 6.07 Å². The Bertz CT molecular complexity index is 714. The molecule has 1 aliphatic rings. The highest BCUT2D eigenvalue weighted by molar-refractivity contribution is 5.62. The number of halogens is 5. The van der Waals surface area contributed by atoms with E-state index in [2.05, 4.69) is 15.5 Å². The lowest BCUT2D eigenvalue weighted by Crippen LogP contribution is -2.56. The Morgan fingerprint density at radius 2 is 1.80 bits per heavy atom. The maximum Gasteiger partial charge on any atom is 0.420 e. The molecule has 1 aromatic heterocycles. The summed E-state index contributed by atoms with van der Waals surface area (Å²) >= 11 is 0. The first-order chi connectivity index (χ1) is 11.8. The number of anilines is 1. The van der Waals surface area contributed by atoms with Crippen molar-refractivity contribution in [2.24, 2.45) is 0 Å². The average Bonchev–Trinajstić information content (AvgIpc) is 2.52. The Morgan fingerprint density at radius 1 is 1.12 bits per heavy atom. The van der Waals surface area contributed by atoms with E-state index in [9.17, 15) is 22.0 Å². The summed E-state index contributed by atoms with van der Waals surface area (Å²) in [5, 5.41) is 10.2. The molecule has 0 radical (unpaired) electrons. The van der Waals surface area contributed by atoms with Crippen molar-refractivity contribution in [3.05, 3.63) is 42.0 Å². The van der Waals surface area contributed by atoms with Crippen LogP contribution in [0.25, 0.3) is 11.3 Å². The van der Waals surface area contributed by atoms with Gasteiger partial charge in [0, 0.05) is 18.7 Å². The molecule has 0 unspecified atom stereocenters. The van der Waals surface area contributed by atoms with Gasteiger partial charge in [-0.15, -0.1) is 10.2 Å². The molecule has 1 aromatic carbocycles. The molecule has 2 aromatic rings. The molecule has 3 rings (SSSR count). The normalized spacial score (nSPS) is 16.1. The van der Waals surface area contributed by atoms with Crippen LogP contribution in [0.3, 0.4) is 0 Å². The van der Waals surface area contributed by atoms with Crippen LogP contribution in [-0.2, 0) is 6.18 Å². The minimum Gasteiger partial charge on any atom is -0.363 e. The van der Waals surface area contributed by atoms with E-state index in [-0.39, 0.29) is 37.2 Å². The van der Waals surface area contributed by atoms with Crippen LogP contribution in [0, 0.1) is 0 Å². The van der Waals surface area contributed by atoms with Gasteiger partial charge in [-0.05, 0) is 6.07 Å². The maximum absolute atomic E-state index is 13.3. The fourth-order valence-electron chi connectivity index (χ4n) is 2.66. The summed E-state index contributed by atoms with van der Waals surface area (Å²) in [6, 6.07) is 9.01. The molecule has 0 amide bonds. The van der Waals surface area contributed by atoms with E-state index >= 15 is 0 Å². The second-order valence-electron chi connectivity index (χ2n) is 5.81. The summed E-state index contributed by atoms with van der Waals surface area (Å²) in [5.74, 6) is -0.381. The predicted octanol–water partition coefficient (Wildman–Crippen LogP) is 3.52. The SMILES string of the molecule is FC(F)CN1CC(Nc2nnc(-c3ccccc3)cc2C(F)(F)F)C1. The standard InChI is InChI=1S/C16H15F5N4/c17-14(18)9-25-7-11(8-25)22-15-12(16(19,20)21)6-13(23-24-15)10-4-2-1-3-5-10/h1-6,11,14H,7-9H2,(H,22,24). The van der Waals surface area contributed by atoms with Crippen LogP contribution in [0.5, 0.6) is 0 Å². The Labute approximate surface area is 140 Å². The van der Waals surface area contributed by atoms with Crippen LogP contribution in [-0.4, -0.2) is 47.2 Å². The van der Waals surface area contributed by atoms with Gasteiger partial charge in [-0.2, -0.15) is 13.2 Å². The van der Waals surface area contributed by atoms with E-state index < -0.39 is 18.2 Å². The number of likely N-dealkylation sites (tertiary alicyclic amines) is 1. The van der Waals surface area contributed by atoms with E-state index in [1.54, 1.807) is 30.3 Å². The summed E-state index contributed by atoms with van der Waals surface area (Å²) in [5.41, 5.74) is -0.279. The van der Waals surface area contributed by atoms with Gasteiger partial charge >= 0.3 is 6.18 Å². The van der Waals surface area contributed by atoms with Crippen LogP contribution < -0.4 is 5.32 Å². The molecule has 1 fully saturated rings. The van der Waals surface area contributed by atoms with Crippen molar-refractivity contribution in [2.75, 3.05) is 25.0 Å². The van der Waals surface area contributed by atoms with Crippen LogP contribution in [0.4, 0.5) is 27.8 Å². The third kappa shape index (κ3) is 4.22. The molecular formula is C16H15F5N4. The van der Waals surface area contributed by atoms with E-state index in [4.69, 9.17) is 0 Å². The Hall–Kier alpha value is -2.29. The zero-order valence-electron chi connectivity index (χ0n) is 13.0. The van der Waals surface area contributed by atoms with Crippen molar-refractivity contribution in [3.63, 3.8) is 0 Å². The Morgan fingerprint density at radius 3 is 2.40 bits per heavy atom. The van der Waals surface area contributed by atoms with Crippen molar-refractivity contribution in [3.8, 4) is 11.3 Å². The first-order valence-electron chi connectivity index (χ1n) is 7.60. The highest BCUT2D eigenvalue weighted by atomic mass is 19.4. The third-order valence-corrected chi connectivity index (χ3v) is 3.86. The van der Waals surface area contributed by atoms with Crippen molar-refractivity contribution in [2.45, 2.75) is 18.6 Å². The van der Waals surface area contributed by atoms with Gasteiger partial charge in [-0.3, -0.25) is 4.90 Å². The number of hydrogen-bond acceptors (Lipinski definition) is 4. The van der Waals surface area contributed by atoms with Crippen molar-refractivity contribution in [1.82, 2.24) is 15.1 Å². The molecular weight excluding hydrogens is 343 g/mol. The highest BCUT2D eigenvalue weighted by Crippen LogP contribution is 2.36. The lowest BCUT2D eigenvalue weighted by atomic mass is 10.1. The minimum atomic E-state index is -4.60. The van der Waals surface area contributed by atoms with Gasteiger partial charge in [0.1, 0.15) is 5.56 Å². The summed E-state index contributed by atoms with van der Waals surface area (Å²) in [6.07, 6.45) is -7.06. The summed E-state index contributed by atoms with van der Waals surface area (Å²) in [7, 11) is 0. The Balaban J connectivity index is 1.78. The molecule has 1 aliphatic heterocycles. The average molecular weight is 358 g/mol. The first kappa shape index (κ1) is 17.5. The number of alkyl halides is 5. The monoisotopic (exact) mass is 358 g/mol. The van der Waals surface area contributed by atoms with Crippen molar-refractivity contribution < 1.29 is 22.0 Å². The summed E-state index contributed by atoms with van der Waals surface area (Å²) < 4.78 is 64.5. The van der Waals surface area contributed by atoms with Gasteiger partial charge in [0.15, 0.2) is 5.82 Å². The number of benzene rings is 1. The quantitative estimate of drug-likeness (QED) is 0.831. The second kappa shape index (κ2) is 6.91. The predicted molar refractivity (Wildman–Crippen MR) is 82.3 cm³/mol. The second-order valence-corrected chi connectivity index (χ2v) is 5.81. The molecule has 0 saturated carbocycles. The fourth-order valence-corrected chi connectivity index (χ4v) is 2.66. The van der Waals surface area contributed by atoms with Crippen LogP contribution in [0.15, 0.2) is 36.4 Å². The van der Waals surface area contributed by atoms with Gasteiger partial charge < -0.3 is 5.32 Å². The minimum absolute atomic E-state index is 0.117. The molecule has 0 bridgehead atoms. The van der Waals surface area contributed by atoms with E-state index in [0.29, 0.717) is 5.56 Å². The number of nitrogens with zero attached hydrogens (tertiary/aromatic N) is 3. The fraction of sp³-hybridized carbons (Fsp3) is 0.375. The molecule has 0 spiro atoms. The first-order valence-corrected chi connectivity index (χ1v) is 7.60. The molecule has 1 saturated heterocycles. The molecule has 4 nitrogen and oxygen atoms in total. The van der Waals surface area contributed by atoms with Gasteiger partial charge in [0.05, 0.1) is 18.3 Å². The molecule has 0 atom stereocenters. The van der Waals surface area contributed by atoms with Gasteiger partial charge in [0.25, 0.3) is 6.43 Å². The lowest BCUT2D eigenvalue weighted by molar-refractivity contribution is -0.137. The van der Waals surface area contributed by atoms with Gasteiger partial charge in [-0.25, -0.2) is 8.78 Å². The van der Waals surface area contributed by atoms with E-state index in [1.165, 1.54) is 4.90 Å². The van der Waals surface area contributed by atoms with Crippen LogP contribution in [0.1, 0.15) is 5.56 Å². The zero-order chi connectivity index (χ0) is 18.0. The summed E-state index contributed by atoms with van der Waals surface area (Å²) in [4.78, 5) is 1.46. The van der Waals surface area contributed by atoms with E-state index in [1.807, 2.05) is 0 Å². The lowest BCUT2D eigenvalue weighted by Gasteiger charge is -2.39. The Kier molecular flexibility index (Phi) is 4.85. The highest BCUT2D eigenvalue weighted by Gasteiger charge is 2.37. The number of aromatic nitrogens is 2. The smallest absolute Gasteiger partial charge is 0.363 e. The van der Waals surface area contributed by atoms with Crippen LogP contribution in [0.2, 0.25) is 0 Å². The molecule has 0 aliphatic carbocycles. The van der Waals surface area contributed by atoms with Crippen molar-refractivity contribution in [1.29, 1.82) is 0 Å². The van der Waals surface area contributed by atoms with Crippen LogP contribution >= 0.6 is 0 Å². The third-order valence-electron chi connectivity index (χ3n) is 3.86. The summed E-state index contributed by atoms with van der Waals surface area (Å²) in [6.45, 7) is 0.0937. The molecule has 9 heteroatoms. The van der Waals surface area contributed by atoms with Crippen molar-refractivity contribution >= 4 is 5.82 Å². The number of nitrogens with one attached hydrogen (secondary N) is 1.